The van der Waals surface area contributed by atoms with Crippen LogP contribution in [0.4, 0.5) is 4.79 Å². The zero-order chi connectivity index (χ0) is 17.0. The number of rotatable bonds is 4. The largest absolute Gasteiger partial charge is 0.478 e. The number of carbonyl (C=O) groups excluding carboxylic acids is 1. The van der Waals surface area contributed by atoms with Crippen LogP contribution >= 0.6 is 0 Å². The summed E-state index contributed by atoms with van der Waals surface area (Å²) in [5.74, 6) is -0.650. The maximum absolute atomic E-state index is 12.0. The third-order valence-electron chi connectivity index (χ3n) is 3.55. The predicted octanol–water partition coefficient (Wildman–Crippen LogP) is 1.47. The first-order valence-corrected chi connectivity index (χ1v) is 7.63. The lowest BCUT2D eigenvalue weighted by Crippen LogP contribution is -2.50. The Bertz CT molecular complexity index is 556. The van der Waals surface area contributed by atoms with Crippen molar-refractivity contribution in [3.05, 3.63) is 17.5 Å². The summed E-state index contributed by atoms with van der Waals surface area (Å²) < 4.78 is 10.3. The maximum atomic E-state index is 12.0. The Morgan fingerprint density at radius 2 is 1.96 bits per heavy atom. The topological polar surface area (TPSA) is 96.1 Å². The average molecular weight is 325 g/mol. The van der Waals surface area contributed by atoms with Gasteiger partial charge in [-0.05, 0) is 20.8 Å². The van der Waals surface area contributed by atoms with Crippen molar-refractivity contribution in [1.29, 1.82) is 0 Å². The van der Waals surface area contributed by atoms with Crippen molar-refractivity contribution >= 4 is 12.1 Å². The van der Waals surface area contributed by atoms with Crippen molar-refractivity contribution in [2.75, 3.05) is 32.7 Å². The second-order valence-electron chi connectivity index (χ2n) is 6.53. The third kappa shape index (κ3) is 4.95. The molecular formula is C15H23N3O5. The fourth-order valence-corrected chi connectivity index (χ4v) is 2.36. The number of carbonyl (C=O) groups is 2. The second-order valence-corrected chi connectivity index (χ2v) is 6.53. The Hall–Kier alpha value is -2.09. The van der Waals surface area contributed by atoms with E-state index in [-0.39, 0.29) is 11.7 Å². The van der Waals surface area contributed by atoms with Gasteiger partial charge in [0.25, 0.3) is 0 Å². The highest BCUT2D eigenvalue weighted by atomic mass is 16.6. The van der Waals surface area contributed by atoms with Crippen molar-refractivity contribution in [2.24, 2.45) is 0 Å². The summed E-state index contributed by atoms with van der Waals surface area (Å²) in [6.45, 7) is 8.83. The summed E-state index contributed by atoms with van der Waals surface area (Å²) >= 11 is 0. The quantitative estimate of drug-likeness (QED) is 0.895. The number of carboxylic acids is 1. The highest BCUT2D eigenvalue weighted by Gasteiger charge is 2.26. The maximum Gasteiger partial charge on any atom is 0.410 e. The summed E-state index contributed by atoms with van der Waals surface area (Å²) in [6.07, 6.45) is 1.41. The van der Waals surface area contributed by atoms with E-state index in [1.54, 1.807) is 4.90 Å². The Morgan fingerprint density at radius 3 is 2.52 bits per heavy atom. The van der Waals surface area contributed by atoms with Crippen LogP contribution < -0.4 is 0 Å². The minimum atomic E-state index is -1.03. The third-order valence-corrected chi connectivity index (χ3v) is 3.55. The van der Waals surface area contributed by atoms with Gasteiger partial charge in [0, 0.05) is 39.1 Å². The molecule has 1 N–H and O–H groups in total. The molecule has 8 heteroatoms. The Labute approximate surface area is 135 Å². The number of aromatic nitrogens is 1. The molecule has 0 bridgehead atoms. The first-order chi connectivity index (χ1) is 10.8. The lowest BCUT2D eigenvalue weighted by atomic mass is 10.2. The Morgan fingerprint density at radius 1 is 1.30 bits per heavy atom. The lowest BCUT2D eigenvalue weighted by Gasteiger charge is -2.35. The summed E-state index contributed by atoms with van der Waals surface area (Å²) in [7, 11) is 0. The number of ether oxygens (including phenoxy) is 1. The van der Waals surface area contributed by atoms with Crippen LogP contribution in [-0.2, 0) is 11.2 Å². The van der Waals surface area contributed by atoms with Gasteiger partial charge in [0.2, 0.25) is 0 Å². The van der Waals surface area contributed by atoms with Gasteiger partial charge in [-0.25, -0.2) is 9.59 Å². The van der Waals surface area contributed by atoms with E-state index < -0.39 is 11.6 Å². The van der Waals surface area contributed by atoms with Gasteiger partial charge in [-0.15, -0.1) is 0 Å². The van der Waals surface area contributed by atoms with E-state index in [1.165, 1.54) is 6.20 Å². The molecule has 2 rings (SSSR count). The first-order valence-electron chi connectivity index (χ1n) is 7.63. The van der Waals surface area contributed by atoms with Gasteiger partial charge in [0.1, 0.15) is 11.2 Å². The van der Waals surface area contributed by atoms with E-state index in [2.05, 4.69) is 10.1 Å². The van der Waals surface area contributed by atoms with Crippen LogP contribution in [0.3, 0.4) is 0 Å². The van der Waals surface area contributed by atoms with Crippen molar-refractivity contribution in [1.82, 2.24) is 15.0 Å². The van der Waals surface area contributed by atoms with Crippen LogP contribution in [0.5, 0.6) is 0 Å². The van der Waals surface area contributed by atoms with E-state index in [9.17, 15) is 9.59 Å². The molecular weight excluding hydrogens is 302 g/mol. The molecule has 8 nitrogen and oxygen atoms in total. The van der Waals surface area contributed by atoms with Gasteiger partial charge in [0.15, 0.2) is 5.76 Å². The fraction of sp³-hybridized carbons (Fsp3) is 0.667. The molecule has 1 aromatic heterocycles. The van der Waals surface area contributed by atoms with Gasteiger partial charge in [-0.1, -0.05) is 5.16 Å². The molecule has 0 radical (unpaired) electrons. The molecule has 1 aliphatic rings. The van der Waals surface area contributed by atoms with Crippen LogP contribution in [-0.4, -0.2) is 70.5 Å². The van der Waals surface area contributed by atoms with Gasteiger partial charge >= 0.3 is 12.1 Å². The van der Waals surface area contributed by atoms with Gasteiger partial charge in [0.05, 0.1) is 6.20 Å². The van der Waals surface area contributed by atoms with Gasteiger partial charge < -0.3 is 19.3 Å². The number of nitrogens with zero attached hydrogens (tertiary/aromatic N) is 3. The van der Waals surface area contributed by atoms with Gasteiger partial charge in [-0.2, -0.15) is 0 Å². The Kier molecular flexibility index (Phi) is 5.25. The van der Waals surface area contributed by atoms with E-state index in [0.29, 0.717) is 31.8 Å². The first kappa shape index (κ1) is 17.3. The molecule has 2 heterocycles. The lowest BCUT2D eigenvalue weighted by molar-refractivity contribution is 0.0144. The highest BCUT2D eigenvalue weighted by molar-refractivity contribution is 5.88. The number of carboxylic acid groups (broad SMARTS) is 1. The van der Waals surface area contributed by atoms with E-state index in [0.717, 1.165) is 13.1 Å². The number of piperazine rings is 1. The standard InChI is InChI=1S/C15H23N3O5/c1-15(2,3)22-14(21)18-8-6-17(7-9-18)5-4-12-11(13(19)20)10-16-23-12/h10H,4-9H2,1-3H3,(H,19,20). The monoisotopic (exact) mass is 325 g/mol. The second kappa shape index (κ2) is 6.99. The SMILES string of the molecule is CC(C)(C)OC(=O)N1CCN(CCc2oncc2C(=O)O)CC1. The number of hydrogen-bond donors (Lipinski definition) is 1. The zero-order valence-electron chi connectivity index (χ0n) is 13.7. The minimum absolute atomic E-state index is 0.109. The van der Waals surface area contributed by atoms with E-state index in [4.69, 9.17) is 14.4 Å². The highest BCUT2D eigenvalue weighted by Crippen LogP contribution is 2.13. The summed E-state index contributed by atoms with van der Waals surface area (Å²) in [6, 6.07) is 0. The molecule has 0 saturated carbocycles. The zero-order valence-corrected chi connectivity index (χ0v) is 13.7. The van der Waals surface area contributed by atoms with Crippen LogP contribution in [0.25, 0.3) is 0 Å². The van der Waals surface area contributed by atoms with Crippen LogP contribution in [0.1, 0.15) is 36.9 Å². The smallest absolute Gasteiger partial charge is 0.410 e. The predicted molar refractivity (Wildman–Crippen MR) is 81.4 cm³/mol. The Balaban J connectivity index is 1.78. The van der Waals surface area contributed by atoms with Crippen LogP contribution in [0, 0.1) is 0 Å². The fourth-order valence-electron chi connectivity index (χ4n) is 2.36. The number of hydrogen-bond acceptors (Lipinski definition) is 6. The summed E-state index contributed by atoms with van der Waals surface area (Å²) in [5, 5.41) is 12.5. The normalized spacial score (nSPS) is 16.4. The minimum Gasteiger partial charge on any atom is -0.478 e. The average Bonchev–Trinajstić information content (AvgIpc) is 2.92. The van der Waals surface area contributed by atoms with Crippen LogP contribution in [0.15, 0.2) is 10.7 Å². The molecule has 1 saturated heterocycles. The number of aromatic carboxylic acids is 1. The molecule has 0 aromatic carbocycles. The van der Waals surface area contributed by atoms with Crippen molar-refractivity contribution in [2.45, 2.75) is 32.8 Å². The van der Waals surface area contributed by atoms with Gasteiger partial charge in [-0.3, -0.25) is 4.90 Å². The van der Waals surface area contributed by atoms with Crippen molar-refractivity contribution < 1.29 is 24.0 Å². The molecule has 1 aromatic rings. The molecule has 1 fully saturated rings. The summed E-state index contributed by atoms with van der Waals surface area (Å²) in [4.78, 5) is 26.8. The number of amides is 1. The van der Waals surface area contributed by atoms with Crippen molar-refractivity contribution in [3.63, 3.8) is 0 Å². The molecule has 1 amide bonds. The summed E-state index contributed by atoms with van der Waals surface area (Å²) in [5.41, 5.74) is -0.384. The molecule has 0 unspecified atom stereocenters. The molecule has 0 atom stereocenters. The molecule has 0 aliphatic carbocycles. The molecule has 1 aliphatic heterocycles. The van der Waals surface area contributed by atoms with E-state index in [1.807, 2.05) is 20.8 Å². The van der Waals surface area contributed by atoms with Crippen LogP contribution in [0.2, 0.25) is 0 Å². The molecule has 128 valence electrons. The molecule has 23 heavy (non-hydrogen) atoms. The van der Waals surface area contributed by atoms with Crippen molar-refractivity contribution in [3.8, 4) is 0 Å². The van der Waals surface area contributed by atoms with E-state index >= 15 is 0 Å². The molecule has 0 spiro atoms.